The van der Waals surface area contributed by atoms with Crippen molar-refractivity contribution in [3.05, 3.63) is 48.3 Å². The van der Waals surface area contributed by atoms with Crippen molar-refractivity contribution in [1.29, 1.82) is 0 Å². The molecular formula is C12H9NO2. The summed E-state index contributed by atoms with van der Waals surface area (Å²) in [6.45, 7) is 0. The van der Waals surface area contributed by atoms with Crippen LogP contribution >= 0.6 is 0 Å². The van der Waals surface area contributed by atoms with E-state index >= 15 is 0 Å². The summed E-state index contributed by atoms with van der Waals surface area (Å²) in [6, 6.07) is 7.57. The molecule has 1 aromatic heterocycles. The van der Waals surface area contributed by atoms with Crippen molar-refractivity contribution in [3.8, 4) is 0 Å². The molecule has 0 bridgehead atoms. The SMILES string of the molecule is O=C(O)C=Cc1cccc2cnccc12. The van der Waals surface area contributed by atoms with Crippen LogP contribution in [-0.4, -0.2) is 16.1 Å². The van der Waals surface area contributed by atoms with E-state index in [2.05, 4.69) is 4.98 Å². The molecule has 0 aliphatic rings. The molecule has 0 aliphatic carbocycles. The summed E-state index contributed by atoms with van der Waals surface area (Å²) >= 11 is 0. The van der Waals surface area contributed by atoms with E-state index < -0.39 is 5.97 Å². The van der Waals surface area contributed by atoms with Crippen LogP contribution in [0.2, 0.25) is 0 Å². The van der Waals surface area contributed by atoms with E-state index in [-0.39, 0.29) is 0 Å². The Labute approximate surface area is 86.7 Å². The highest BCUT2D eigenvalue weighted by Gasteiger charge is 1.97. The topological polar surface area (TPSA) is 50.2 Å². The van der Waals surface area contributed by atoms with Gasteiger partial charge in [0, 0.05) is 23.9 Å². The van der Waals surface area contributed by atoms with Crippen molar-refractivity contribution in [2.75, 3.05) is 0 Å². The van der Waals surface area contributed by atoms with Crippen LogP contribution in [0.3, 0.4) is 0 Å². The summed E-state index contributed by atoms with van der Waals surface area (Å²) in [5, 5.41) is 10.6. The van der Waals surface area contributed by atoms with Crippen LogP contribution in [0.25, 0.3) is 16.8 Å². The molecule has 2 rings (SSSR count). The maximum absolute atomic E-state index is 10.4. The predicted molar refractivity (Wildman–Crippen MR) is 58.4 cm³/mol. The first-order chi connectivity index (χ1) is 7.27. The Balaban J connectivity index is 2.56. The zero-order chi connectivity index (χ0) is 10.7. The van der Waals surface area contributed by atoms with Gasteiger partial charge < -0.3 is 5.11 Å². The maximum atomic E-state index is 10.4. The Hall–Kier alpha value is -2.16. The van der Waals surface area contributed by atoms with Crippen LogP contribution in [0.1, 0.15) is 5.56 Å². The molecule has 2 aromatic rings. The molecule has 0 amide bonds. The normalized spacial score (nSPS) is 10.9. The number of pyridine rings is 1. The minimum atomic E-state index is -0.943. The molecule has 0 aliphatic heterocycles. The lowest BCUT2D eigenvalue weighted by Gasteiger charge is -2.00. The minimum absolute atomic E-state index is 0.886. The molecule has 0 saturated carbocycles. The molecule has 74 valence electrons. The van der Waals surface area contributed by atoms with E-state index in [0.717, 1.165) is 22.4 Å². The smallest absolute Gasteiger partial charge is 0.328 e. The summed E-state index contributed by atoms with van der Waals surface area (Å²) in [7, 11) is 0. The van der Waals surface area contributed by atoms with Crippen molar-refractivity contribution in [1.82, 2.24) is 4.98 Å². The molecule has 0 radical (unpaired) electrons. The van der Waals surface area contributed by atoms with Gasteiger partial charge in [-0.05, 0) is 23.1 Å². The first-order valence-electron chi connectivity index (χ1n) is 4.51. The van der Waals surface area contributed by atoms with Crippen molar-refractivity contribution < 1.29 is 9.90 Å². The maximum Gasteiger partial charge on any atom is 0.328 e. The van der Waals surface area contributed by atoms with E-state index in [1.54, 1.807) is 18.5 Å². The van der Waals surface area contributed by atoms with Crippen molar-refractivity contribution in [2.24, 2.45) is 0 Å². The van der Waals surface area contributed by atoms with Gasteiger partial charge in [0.05, 0.1) is 0 Å². The highest BCUT2D eigenvalue weighted by atomic mass is 16.4. The number of rotatable bonds is 2. The summed E-state index contributed by atoms with van der Waals surface area (Å²) in [6.07, 6.45) is 6.17. The zero-order valence-corrected chi connectivity index (χ0v) is 7.92. The quantitative estimate of drug-likeness (QED) is 0.755. The first-order valence-corrected chi connectivity index (χ1v) is 4.51. The van der Waals surface area contributed by atoms with Crippen molar-refractivity contribution in [3.63, 3.8) is 0 Å². The number of benzene rings is 1. The van der Waals surface area contributed by atoms with Gasteiger partial charge in [0.25, 0.3) is 0 Å². The lowest BCUT2D eigenvalue weighted by molar-refractivity contribution is -0.131. The summed E-state index contributed by atoms with van der Waals surface area (Å²) in [5.74, 6) is -0.943. The van der Waals surface area contributed by atoms with Gasteiger partial charge in [-0.15, -0.1) is 0 Å². The summed E-state index contributed by atoms with van der Waals surface area (Å²) in [5.41, 5.74) is 0.886. The van der Waals surface area contributed by atoms with Gasteiger partial charge >= 0.3 is 5.97 Å². The molecule has 3 heteroatoms. The number of aliphatic carboxylic acids is 1. The Bertz CT molecular complexity index is 527. The van der Waals surface area contributed by atoms with Crippen LogP contribution in [0.4, 0.5) is 0 Å². The van der Waals surface area contributed by atoms with Crippen LogP contribution < -0.4 is 0 Å². The molecule has 0 atom stereocenters. The lowest BCUT2D eigenvalue weighted by Crippen LogP contribution is -1.86. The van der Waals surface area contributed by atoms with Gasteiger partial charge in [-0.3, -0.25) is 4.98 Å². The first kappa shape index (κ1) is 9.40. The largest absolute Gasteiger partial charge is 0.478 e. The second-order valence-electron chi connectivity index (χ2n) is 3.12. The van der Waals surface area contributed by atoms with Crippen LogP contribution in [-0.2, 0) is 4.79 Å². The molecule has 0 unspecified atom stereocenters. The second kappa shape index (κ2) is 3.92. The number of aromatic nitrogens is 1. The highest BCUT2D eigenvalue weighted by Crippen LogP contribution is 2.18. The lowest BCUT2D eigenvalue weighted by atomic mass is 10.1. The number of hydrogen-bond acceptors (Lipinski definition) is 2. The van der Waals surface area contributed by atoms with Gasteiger partial charge in [-0.25, -0.2) is 4.79 Å². The third-order valence-corrected chi connectivity index (χ3v) is 2.12. The van der Waals surface area contributed by atoms with Crippen molar-refractivity contribution in [2.45, 2.75) is 0 Å². The molecule has 15 heavy (non-hydrogen) atoms. The van der Waals surface area contributed by atoms with Gasteiger partial charge in [-0.1, -0.05) is 18.2 Å². The Morgan fingerprint density at radius 2 is 2.20 bits per heavy atom. The van der Waals surface area contributed by atoms with Gasteiger partial charge in [0.1, 0.15) is 0 Å². The number of carbonyl (C=O) groups is 1. The standard InChI is InChI=1S/C12H9NO2/c14-12(15)5-4-9-2-1-3-10-8-13-7-6-11(9)10/h1-8H,(H,14,15). The third kappa shape index (κ3) is 2.02. The Kier molecular flexibility index (Phi) is 2.46. The van der Waals surface area contributed by atoms with E-state index in [9.17, 15) is 4.79 Å². The van der Waals surface area contributed by atoms with Crippen molar-refractivity contribution >= 4 is 22.8 Å². The van der Waals surface area contributed by atoms with Crippen LogP contribution in [0.5, 0.6) is 0 Å². The molecule has 3 nitrogen and oxygen atoms in total. The van der Waals surface area contributed by atoms with Crippen LogP contribution in [0, 0.1) is 0 Å². The summed E-state index contributed by atoms with van der Waals surface area (Å²) < 4.78 is 0. The van der Waals surface area contributed by atoms with Gasteiger partial charge in [0.2, 0.25) is 0 Å². The third-order valence-electron chi connectivity index (χ3n) is 2.12. The molecule has 1 N–H and O–H groups in total. The summed E-state index contributed by atoms with van der Waals surface area (Å²) in [4.78, 5) is 14.4. The number of fused-ring (bicyclic) bond motifs is 1. The monoisotopic (exact) mass is 199 g/mol. The number of nitrogens with zero attached hydrogens (tertiary/aromatic N) is 1. The predicted octanol–water partition coefficient (Wildman–Crippen LogP) is 2.33. The van der Waals surface area contributed by atoms with E-state index in [1.165, 1.54) is 0 Å². The van der Waals surface area contributed by atoms with Gasteiger partial charge in [-0.2, -0.15) is 0 Å². The molecular weight excluding hydrogens is 190 g/mol. The van der Waals surface area contributed by atoms with E-state index in [1.807, 2.05) is 24.3 Å². The Morgan fingerprint density at radius 1 is 1.33 bits per heavy atom. The van der Waals surface area contributed by atoms with E-state index in [4.69, 9.17) is 5.11 Å². The molecule has 1 aromatic carbocycles. The molecule has 0 fully saturated rings. The number of carboxylic acid groups (broad SMARTS) is 1. The molecule has 1 heterocycles. The second-order valence-corrected chi connectivity index (χ2v) is 3.12. The fourth-order valence-corrected chi connectivity index (χ4v) is 1.45. The zero-order valence-electron chi connectivity index (χ0n) is 7.92. The molecule has 0 saturated heterocycles. The number of carboxylic acids is 1. The fourth-order valence-electron chi connectivity index (χ4n) is 1.45. The fraction of sp³-hybridized carbons (Fsp3) is 0. The van der Waals surface area contributed by atoms with E-state index in [0.29, 0.717) is 0 Å². The number of hydrogen-bond donors (Lipinski definition) is 1. The molecule has 0 spiro atoms. The average Bonchev–Trinajstić information content (AvgIpc) is 2.26. The minimum Gasteiger partial charge on any atom is -0.478 e. The van der Waals surface area contributed by atoms with Gasteiger partial charge in [0.15, 0.2) is 0 Å². The Morgan fingerprint density at radius 3 is 3.00 bits per heavy atom. The highest BCUT2D eigenvalue weighted by molar-refractivity contribution is 5.93. The average molecular weight is 199 g/mol. The van der Waals surface area contributed by atoms with Crippen LogP contribution in [0.15, 0.2) is 42.7 Å².